The van der Waals surface area contributed by atoms with E-state index in [0.29, 0.717) is 0 Å². The molecule has 0 amide bonds. The molecular formula is C22H32ClGeZr-3. The van der Waals surface area contributed by atoms with E-state index in [1.807, 2.05) is 0 Å². The Labute approximate surface area is 178 Å². The quantitative estimate of drug-likeness (QED) is 0.358. The van der Waals surface area contributed by atoms with E-state index in [1.54, 1.807) is 32.7 Å². The van der Waals surface area contributed by atoms with Crippen molar-refractivity contribution in [3.8, 4) is 0 Å². The van der Waals surface area contributed by atoms with Crippen LogP contribution >= 0.6 is 0 Å². The molecule has 0 aromatic heterocycles. The summed E-state index contributed by atoms with van der Waals surface area (Å²) in [5.74, 6) is 8.10. The van der Waals surface area contributed by atoms with Gasteiger partial charge < -0.3 is 12.4 Å². The average molecular weight is 496 g/mol. The second-order valence-corrected chi connectivity index (χ2v) is 24.8. The van der Waals surface area contributed by atoms with E-state index in [9.17, 15) is 0 Å². The van der Waals surface area contributed by atoms with Crippen LogP contribution in [-0.4, -0.2) is 9.98 Å². The Morgan fingerprint density at radius 3 is 1.56 bits per heavy atom. The van der Waals surface area contributed by atoms with Crippen LogP contribution < -0.4 is 12.4 Å². The Morgan fingerprint density at radius 1 is 0.880 bits per heavy atom. The molecular weight excluding hydrogens is 464 g/mol. The third kappa shape index (κ3) is 8.31. The van der Waals surface area contributed by atoms with Crippen LogP contribution in [0.15, 0.2) is 47.6 Å². The van der Waals surface area contributed by atoms with Gasteiger partial charge in [-0.2, -0.15) is 0 Å². The van der Waals surface area contributed by atoms with Gasteiger partial charge in [0.05, 0.1) is 0 Å². The molecule has 4 aliphatic carbocycles. The van der Waals surface area contributed by atoms with Gasteiger partial charge in [-0.05, 0) is 24.7 Å². The molecule has 2 saturated carbocycles. The Kier molecular flexibility index (Phi) is 11.2. The number of fused-ring (bicyclic) bond motifs is 2. The molecule has 0 spiro atoms. The fourth-order valence-electron chi connectivity index (χ4n) is 3.93. The van der Waals surface area contributed by atoms with Crippen molar-refractivity contribution < 1.29 is 34.0 Å². The molecule has 4 aliphatic rings. The van der Waals surface area contributed by atoms with Crippen LogP contribution in [-0.2, 0) is 21.6 Å². The summed E-state index contributed by atoms with van der Waals surface area (Å²) in [6.07, 6.45) is 23.5. The number of rotatable bonds is 0. The van der Waals surface area contributed by atoms with E-state index in [2.05, 4.69) is 74.7 Å². The average Bonchev–Trinajstić information content (AvgIpc) is 3.07. The molecule has 0 aromatic carbocycles. The maximum atomic E-state index is 2.41. The topological polar surface area (TPSA) is 0 Å². The van der Waals surface area contributed by atoms with Gasteiger partial charge in [0.2, 0.25) is 0 Å². The summed E-state index contributed by atoms with van der Waals surface area (Å²) in [7, 11) is -0.243. The van der Waals surface area contributed by atoms with Crippen LogP contribution in [0.5, 0.6) is 0 Å². The van der Waals surface area contributed by atoms with Crippen molar-refractivity contribution >= 4 is 9.98 Å². The second-order valence-electron chi connectivity index (χ2n) is 7.81. The zero-order valence-corrected chi connectivity index (χ0v) is 21.4. The second kappa shape index (κ2) is 12.0. The molecule has 0 aliphatic heterocycles. The standard InChI is InChI=1S/2C10H13.C2H6Ge.ClH.Zr/c2*1-8-6-9-4-2-3-5-10(9)7-8;1-3-2;;/h2*2-4,6,8,10H,5,7H2,1H3;1-2H3;1H;/q2*-1;;;/p-1. The molecule has 0 N–H and O–H groups in total. The Bertz CT molecular complexity index is 510. The van der Waals surface area contributed by atoms with Gasteiger partial charge in [0.25, 0.3) is 0 Å². The number of allylic oxidation sites excluding steroid dienone is 8. The Balaban J connectivity index is 0.000000201. The van der Waals surface area contributed by atoms with Crippen molar-refractivity contribution in [2.75, 3.05) is 0 Å². The monoisotopic (exact) mass is 495 g/mol. The van der Waals surface area contributed by atoms with E-state index < -0.39 is 0 Å². The third-order valence-electron chi connectivity index (χ3n) is 4.90. The first-order valence-electron chi connectivity index (χ1n) is 9.40. The molecule has 0 bridgehead atoms. The van der Waals surface area contributed by atoms with Crippen molar-refractivity contribution in [3.63, 3.8) is 0 Å². The molecule has 0 nitrogen and oxygen atoms in total. The van der Waals surface area contributed by atoms with E-state index in [-0.39, 0.29) is 22.4 Å². The molecule has 0 aromatic rings. The van der Waals surface area contributed by atoms with Crippen LogP contribution in [0, 0.1) is 36.5 Å². The smallest absolute Gasteiger partial charge is 1.00 e. The third-order valence-corrected chi connectivity index (χ3v) is 4.90. The van der Waals surface area contributed by atoms with Gasteiger partial charge in [0, 0.05) is 0 Å². The summed E-state index contributed by atoms with van der Waals surface area (Å²) < 4.78 is 0. The summed E-state index contributed by atoms with van der Waals surface area (Å²) in [5, 5.41) is 0. The van der Waals surface area contributed by atoms with Gasteiger partial charge in [-0.25, -0.2) is 36.1 Å². The summed E-state index contributed by atoms with van der Waals surface area (Å²) in [5.41, 5.74) is 3.16. The molecule has 4 atom stereocenters. The van der Waals surface area contributed by atoms with Gasteiger partial charge in [0.1, 0.15) is 0 Å². The number of hydrogen-bond donors (Lipinski definition) is 0. The van der Waals surface area contributed by atoms with E-state index in [4.69, 9.17) is 0 Å². The zero-order chi connectivity index (χ0) is 17.5. The van der Waals surface area contributed by atoms with Gasteiger partial charge in [0.15, 0.2) is 0 Å². The zero-order valence-electron chi connectivity index (χ0n) is 16.1. The first kappa shape index (κ1) is 23.5. The fourth-order valence-corrected chi connectivity index (χ4v) is 3.93. The molecule has 3 heteroatoms. The Hall–Kier alpha value is 0.416. The Morgan fingerprint density at radius 2 is 1.24 bits per heavy atom. The van der Waals surface area contributed by atoms with Crippen LogP contribution in [0.1, 0.15) is 39.5 Å². The van der Waals surface area contributed by atoms with Crippen LogP contribution in [0.3, 0.4) is 0 Å². The van der Waals surface area contributed by atoms with Crippen molar-refractivity contribution in [2.24, 2.45) is 23.7 Å². The van der Waals surface area contributed by atoms with Crippen LogP contribution in [0.2, 0.25) is 11.5 Å². The first-order valence-corrected chi connectivity index (χ1v) is 21.0. The summed E-state index contributed by atoms with van der Waals surface area (Å²) in [6, 6.07) is 0. The first-order chi connectivity index (χ1) is 11.5. The summed E-state index contributed by atoms with van der Waals surface area (Å²) >= 11 is 1.80. The van der Waals surface area contributed by atoms with Crippen LogP contribution in [0.25, 0.3) is 0 Å². The van der Waals surface area contributed by atoms with Crippen molar-refractivity contribution in [3.05, 3.63) is 60.4 Å². The van der Waals surface area contributed by atoms with Gasteiger partial charge in [-0.3, -0.25) is 0 Å². The number of hydrogen-bond acceptors (Lipinski definition) is 0. The summed E-state index contributed by atoms with van der Waals surface area (Å²) in [6.45, 7) is 4.61. The van der Waals surface area contributed by atoms with Crippen LogP contribution in [0.4, 0.5) is 0 Å². The minimum Gasteiger partial charge on any atom is -1.00 e. The van der Waals surface area contributed by atoms with Crippen molar-refractivity contribution in [1.29, 1.82) is 0 Å². The predicted octanol–water partition coefficient (Wildman–Crippen LogP) is 3.25. The molecule has 25 heavy (non-hydrogen) atoms. The van der Waals surface area contributed by atoms with Gasteiger partial charge >= 0.3 is 43.1 Å². The van der Waals surface area contributed by atoms with E-state index in [1.165, 1.54) is 25.7 Å². The minimum atomic E-state index is -0.243. The molecule has 4 rings (SSSR count). The van der Waals surface area contributed by atoms with Gasteiger partial charge in [-0.1, -0.05) is 38.5 Å². The predicted molar refractivity (Wildman–Crippen MR) is 104 cm³/mol. The van der Waals surface area contributed by atoms with E-state index in [0.717, 1.165) is 23.7 Å². The fraction of sp³-hybridized carbons (Fsp3) is 0.545. The maximum Gasteiger partial charge on any atom is -1.00 e. The largest absolute Gasteiger partial charge is 1.00 e. The molecule has 0 saturated heterocycles. The molecule has 4 unspecified atom stereocenters. The molecule has 0 heterocycles. The maximum absolute atomic E-state index is 2.41. The van der Waals surface area contributed by atoms with Crippen molar-refractivity contribution in [1.82, 2.24) is 0 Å². The normalized spacial score (nSPS) is 30.4. The van der Waals surface area contributed by atoms with Gasteiger partial charge in [-0.15, -0.1) is 24.3 Å². The number of halogens is 1. The minimum absolute atomic E-state index is 0. The molecule has 2 fully saturated rings. The molecule has 138 valence electrons. The SMILES string of the molecule is CC1[CH-]C2=CC=CCC2C1.CC1[CH-]C2=CC=CCC2C1.[CH3][Ge]([CH3])=[Zr].[Cl-]. The van der Waals surface area contributed by atoms with E-state index >= 15 is 0 Å². The summed E-state index contributed by atoms with van der Waals surface area (Å²) in [4.78, 5) is 0. The van der Waals surface area contributed by atoms with Crippen molar-refractivity contribution in [2.45, 2.75) is 51.0 Å². The molecule has 0 radical (unpaired) electrons.